The molecule has 2 heterocycles. The molecular weight excluding hydrogens is 330 g/mol. The Bertz CT molecular complexity index is 621. The smallest absolute Gasteiger partial charge is 0.263 e. The van der Waals surface area contributed by atoms with Crippen LogP contribution in [0.25, 0.3) is 0 Å². The van der Waals surface area contributed by atoms with Crippen molar-refractivity contribution < 1.29 is 9.53 Å². The van der Waals surface area contributed by atoms with Gasteiger partial charge in [-0.05, 0) is 31.0 Å². The summed E-state index contributed by atoms with van der Waals surface area (Å²) in [5.74, 6) is -0.317. The Morgan fingerprint density at radius 3 is 2.81 bits per heavy atom. The monoisotopic (exact) mass is 357 g/mol. The molecule has 0 atom stereocenters. The van der Waals surface area contributed by atoms with Crippen molar-refractivity contribution in [3.63, 3.8) is 0 Å². The Morgan fingerprint density at radius 1 is 1.42 bits per heavy atom. The minimum atomic E-state index is -0.317. The number of amides is 1. The van der Waals surface area contributed by atoms with Gasteiger partial charge in [-0.3, -0.25) is 14.7 Å². The largest absolute Gasteiger partial charge is 0.379 e. The lowest BCUT2D eigenvalue weighted by atomic mass is 10.2. The first kappa shape index (κ1) is 19.9. The molecule has 0 bridgehead atoms. The molecule has 2 rings (SSSR count). The van der Waals surface area contributed by atoms with Gasteiger partial charge in [0, 0.05) is 57.9 Å². The molecule has 0 aliphatic carbocycles. The topological polar surface area (TPSA) is 81.5 Å². The number of rotatable bonds is 9. The van der Waals surface area contributed by atoms with E-state index in [9.17, 15) is 10.1 Å². The zero-order valence-electron chi connectivity index (χ0n) is 15.4. The Kier molecular flexibility index (Phi) is 8.60. The summed E-state index contributed by atoms with van der Waals surface area (Å²) in [6.45, 7) is 8.03. The summed E-state index contributed by atoms with van der Waals surface area (Å²) in [6.07, 6.45) is 6.03. The normalized spacial score (nSPS) is 15.3. The van der Waals surface area contributed by atoms with Gasteiger partial charge in [0.25, 0.3) is 5.91 Å². The second-order valence-corrected chi connectivity index (χ2v) is 6.10. The molecule has 1 saturated heterocycles. The molecule has 0 unspecified atom stereocenters. The maximum atomic E-state index is 12.3. The fraction of sp³-hybridized carbons (Fsp3) is 0.526. The molecule has 26 heavy (non-hydrogen) atoms. The SMILES string of the molecule is CCN(/C=C(/C#N)C(=O)NCCN1CCOCC1)CCc1ccncc1. The number of likely N-dealkylation sites (N-methyl/N-ethyl adjacent to an activating group) is 1. The summed E-state index contributed by atoms with van der Waals surface area (Å²) in [7, 11) is 0. The van der Waals surface area contributed by atoms with E-state index in [0.717, 1.165) is 52.4 Å². The van der Waals surface area contributed by atoms with Crippen molar-refractivity contribution >= 4 is 5.91 Å². The fourth-order valence-corrected chi connectivity index (χ4v) is 2.70. The molecular formula is C19H27N5O2. The first-order valence-corrected chi connectivity index (χ1v) is 9.06. The minimum absolute atomic E-state index is 0.142. The summed E-state index contributed by atoms with van der Waals surface area (Å²) < 4.78 is 5.30. The molecule has 0 saturated carbocycles. The lowest BCUT2D eigenvalue weighted by Crippen LogP contribution is -2.41. The van der Waals surface area contributed by atoms with Gasteiger partial charge in [0.1, 0.15) is 11.6 Å². The molecule has 1 aliphatic rings. The van der Waals surface area contributed by atoms with Crippen molar-refractivity contribution in [1.82, 2.24) is 20.1 Å². The third-order valence-corrected chi connectivity index (χ3v) is 4.34. The number of ether oxygens (including phenoxy) is 1. The first-order chi connectivity index (χ1) is 12.7. The average molecular weight is 357 g/mol. The van der Waals surface area contributed by atoms with Crippen molar-refractivity contribution in [2.24, 2.45) is 0 Å². The standard InChI is InChI=1S/C19H27N5O2/c1-2-23(9-5-17-3-6-21-7-4-17)16-18(15-20)19(25)22-8-10-24-11-13-26-14-12-24/h3-4,6-7,16H,2,5,8-14H2,1H3,(H,22,25)/b18-16-. The van der Waals surface area contributed by atoms with Crippen LogP contribution in [0.5, 0.6) is 0 Å². The third-order valence-electron chi connectivity index (χ3n) is 4.34. The molecule has 0 radical (unpaired) electrons. The van der Waals surface area contributed by atoms with Crippen LogP contribution in [0.15, 0.2) is 36.3 Å². The maximum Gasteiger partial charge on any atom is 0.263 e. The number of morpholine rings is 1. The van der Waals surface area contributed by atoms with E-state index in [0.29, 0.717) is 6.54 Å². The fourth-order valence-electron chi connectivity index (χ4n) is 2.70. The highest BCUT2D eigenvalue weighted by Gasteiger charge is 2.13. The van der Waals surface area contributed by atoms with E-state index >= 15 is 0 Å². The number of nitrogens with one attached hydrogen (secondary N) is 1. The van der Waals surface area contributed by atoms with Crippen molar-refractivity contribution in [3.05, 3.63) is 41.9 Å². The molecule has 0 aromatic carbocycles. The van der Waals surface area contributed by atoms with Gasteiger partial charge < -0.3 is 15.0 Å². The zero-order valence-corrected chi connectivity index (χ0v) is 15.4. The van der Waals surface area contributed by atoms with E-state index in [2.05, 4.69) is 15.2 Å². The first-order valence-electron chi connectivity index (χ1n) is 9.06. The van der Waals surface area contributed by atoms with Crippen LogP contribution in [0.1, 0.15) is 12.5 Å². The van der Waals surface area contributed by atoms with Crippen LogP contribution in [0, 0.1) is 11.3 Å². The van der Waals surface area contributed by atoms with Crippen LogP contribution in [-0.4, -0.2) is 73.2 Å². The van der Waals surface area contributed by atoms with Gasteiger partial charge in [0.05, 0.1) is 13.2 Å². The molecule has 1 aliphatic heterocycles. The number of carbonyl (C=O) groups is 1. The van der Waals surface area contributed by atoms with E-state index in [1.54, 1.807) is 18.6 Å². The van der Waals surface area contributed by atoms with E-state index in [1.165, 1.54) is 5.56 Å². The van der Waals surface area contributed by atoms with Crippen LogP contribution in [0.2, 0.25) is 0 Å². The minimum Gasteiger partial charge on any atom is -0.379 e. The molecule has 1 fully saturated rings. The van der Waals surface area contributed by atoms with Gasteiger partial charge in [0.2, 0.25) is 0 Å². The van der Waals surface area contributed by atoms with Crippen LogP contribution in [-0.2, 0) is 16.0 Å². The quantitative estimate of drug-likeness (QED) is 0.520. The average Bonchev–Trinajstić information content (AvgIpc) is 2.70. The number of hydrogen-bond acceptors (Lipinski definition) is 6. The summed E-state index contributed by atoms with van der Waals surface area (Å²) in [5, 5.41) is 12.2. The van der Waals surface area contributed by atoms with E-state index in [-0.39, 0.29) is 11.5 Å². The Morgan fingerprint density at radius 2 is 2.15 bits per heavy atom. The van der Waals surface area contributed by atoms with Gasteiger partial charge in [-0.15, -0.1) is 0 Å². The summed E-state index contributed by atoms with van der Waals surface area (Å²) >= 11 is 0. The van der Waals surface area contributed by atoms with E-state index in [1.807, 2.05) is 30.0 Å². The number of carbonyl (C=O) groups excluding carboxylic acids is 1. The molecule has 7 nitrogen and oxygen atoms in total. The molecule has 1 N–H and O–H groups in total. The van der Waals surface area contributed by atoms with Gasteiger partial charge in [0.15, 0.2) is 0 Å². The van der Waals surface area contributed by atoms with Crippen LogP contribution < -0.4 is 5.32 Å². The zero-order chi connectivity index (χ0) is 18.6. The van der Waals surface area contributed by atoms with Crippen molar-refractivity contribution in [3.8, 4) is 6.07 Å². The Balaban J connectivity index is 1.81. The second kappa shape index (κ2) is 11.2. The van der Waals surface area contributed by atoms with Crippen molar-refractivity contribution in [2.45, 2.75) is 13.3 Å². The predicted molar refractivity (Wildman–Crippen MR) is 99.2 cm³/mol. The highest BCUT2D eigenvalue weighted by atomic mass is 16.5. The molecule has 1 aromatic rings. The van der Waals surface area contributed by atoms with Crippen molar-refractivity contribution in [1.29, 1.82) is 5.26 Å². The van der Waals surface area contributed by atoms with Gasteiger partial charge in [-0.2, -0.15) is 5.26 Å². The molecule has 0 spiro atoms. The Labute approximate surface area is 155 Å². The summed E-state index contributed by atoms with van der Waals surface area (Å²) in [4.78, 5) is 20.5. The van der Waals surface area contributed by atoms with E-state index < -0.39 is 0 Å². The molecule has 7 heteroatoms. The molecule has 140 valence electrons. The number of aromatic nitrogens is 1. The third kappa shape index (κ3) is 6.82. The maximum absolute atomic E-state index is 12.3. The van der Waals surface area contributed by atoms with E-state index in [4.69, 9.17) is 4.74 Å². The summed E-state index contributed by atoms with van der Waals surface area (Å²) in [6, 6.07) is 5.96. The highest BCUT2D eigenvalue weighted by Crippen LogP contribution is 2.03. The lowest BCUT2D eigenvalue weighted by Gasteiger charge is -2.26. The molecule has 1 aromatic heterocycles. The molecule has 1 amide bonds. The second-order valence-electron chi connectivity index (χ2n) is 6.10. The summed E-state index contributed by atoms with van der Waals surface area (Å²) in [5.41, 5.74) is 1.32. The lowest BCUT2D eigenvalue weighted by molar-refractivity contribution is -0.117. The highest BCUT2D eigenvalue weighted by molar-refractivity contribution is 5.97. The van der Waals surface area contributed by atoms with Crippen LogP contribution in [0.3, 0.4) is 0 Å². The Hall–Kier alpha value is -2.43. The number of pyridine rings is 1. The van der Waals surface area contributed by atoms with Crippen LogP contribution in [0.4, 0.5) is 0 Å². The number of hydrogen-bond donors (Lipinski definition) is 1. The van der Waals surface area contributed by atoms with Gasteiger partial charge >= 0.3 is 0 Å². The van der Waals surface area contributed by atoms with Crippen LogP contribution >= 0.6 is 0 Å². The van der Waals surface area contributed by atoms with Gasteiger partial charge in [-0.25, -0.2) is 0 Å². The predicted octanol–water partition coefficient (Wildman–Crippen LogP) is 0.802. The number of nitriles is 1. The van der Waals surface area contributed by atoms with Crippen molar-refractivity contribution in [2.75, 3.05) is 52.5 Å². The number of nitrogens with zero attached hydrogens (tertiary/aromatic N) is 4. The van der Waals surface area contributed by atoms with Gasteiger partial charge in [-0.1, -0.05) is 0 Å².